The molecule has 1 amide bonds. The van der Waals surface area contributed by atoms with Gasteiger partial charge in [-0.15, -0.1) is 11.3 Å². The number of hydrogen-bond donors (Lipinski definition) is 1. The fourth-order valence-corrected chi connectivity index (χ4v) is 3.38. The smallest absolute Gasteiger partial charge is 0.266 e. The number of nitro groups is 1. The second-order valence-corrected chi connectivity index (χ2v) is 7.19. The summed E-state index contributed by atoms with van der Waals surface area (Å²) in [6.45, 7) is 4.26. The molecule has 0 aliphatic carbocycles. The number of rotatable bonds is 5. The SMILES string of the molecule is CC(C)c1ccc(/C=N\NC(=O)c2cc3cc([N+](=O)[O-])ccc3s2)cc1. The van der Waals surface area contributed by atoms with Crippen LogP contribution in [0, 0.1) is 10.1 Å². The monoisotopic (exact) mass is 367 g/mol. The Kier molecular flexibility index (Phi) is 5.09. The molecule has 3 aromatic rings. The van der Waals surface area contributed by atoms with Crippen molar-refractivity contribution in [3.63, 3.8) is 0 Å². The molecule has 0 spiro atoms. The van der Waals surface area contributed by atoms with Crippen molar-refractivity contribution in [1.82, 2.24) is 5.43 Å². The molecule has 1 heterocycles. The Morgan fingerprint density at radius 2 is 1.92 bits per heavy atom. The summed E-state index contributed by atoms with van der Waals surface area (Å²) >= 11 is 1.27. The summed E-state index contributed by atoms with van der Waals surface area (Å²) < 4.78 is 0.814. The first kappa shape index (κ1) is 17.8. The fraction of sp³-hybridized carbons (Fsp3) is 0.158. The van der Waals surface area contributed by atoms with E-state index in [0.29, 0.717) is 16.2 Å². The molecular formula is C19H17N3O3S. The summed E-state index contributed by atoms with van der Waals surface area (Å²) in [6, 6.07) is 14.1. The van der Waals surface area contributed by atoms with E-state index in [-0.39, 0.29) is 11.6 Å². The number of nitrogens with zero attached hydrogens (tertiary/aromatic N) is 2. The van der Waals surface area contributed by atoms with Gasteiger partial charge in [0.15, 0.2) is 0 Å². The molecule has 3 rings (SSSR count). The molecule has 7 heteroatoms. The average molecular weight is 367 g/mol. The number of nitrogens with one attached hydrogen (secondary N) is 1. The molecule has 0 bridgehead atoms. The van der Waals surface area contributed by atoms with E-state index in [2.05, 4.69) is 24.4 Å². The lowest BCUT2D eigenvalue weighted by Crippen LogP contribution is -2.16. The van der Waals surface area contributed by atoms with Gasteiger partial charge >= 0.3 is 0 Å². The minimum atomic E-state index is -0.453. The quantitative estimate of drug-likeness (QED) is 0.403. The van der Waals surface area contributed by atoms with Crippen LogP contribution in [0.15, 0.2) is 53.6 Å². The average Bonchev–Trinajstić information content (AvgIpc) is 3.05. The molecule has 0 saturated heterocycles. The van der Waals surface area contributed by atoms with Crippen molar-refractivity contribution in [2.75, 3.05) is 0 Å². The van der Waals surface area contributed by atoms with Crippen molar-refractivity contribution in [3.8, 4) is 0 Å². The topological polar surface area (TPSA) is 84.6 Å². The van der Waals surface area contributed by atoms with E-state index in [1.165, 1.54) is 29.0 Å². The second-order valence-electron chi connectivity index (χ2n) is 6.11. The van der Waals surface area contributed by atoms with Crippen molar-refractivity contribution >= 4 is 39.2 Å². The summed E-state index contributed by atoms with van der Waals surface area (Å²) in [5.74, 6) is 0.119. The first-order chi connectivity index (χ1) is 12.4. The van der Waals surface area contributed by atoms with Crippen LogP contribution < -0.4 is 5.43 Å². The number of benzene rings is 2. The third kappa shape index (κ3) is 3.94. The van der Waals surface area contributed by atoms with Gasteiger partial charge in [-0.1, -0.05) is 38.1 Å². The van der Waals surface area contributed by atoms with Crippen LogP contribution in [-0.4, -0.2) is 17.0 Å². The van der Waals surface area contributed by atoms with Crippen LogP contribution >= 0.6 is 11.3 Å². The Labute approximate surface area is 154 Å². The number of hydrogen-bond acceptors (Lipinski definition) is 5. The zero-order chi connectivity index (χ0) is 18.7. The number of non-ortho nitro benzene ring substituents is 1. The van der Waals surface area contributed by atoms with E-state index < -0.39 is 4.92 Å². The molecule has 1 N–H and O–H groups in total. The lowest BCUT2D eigenvalue weighted by atomic mass is 10.0. The van der Waals surface area contributed by atoms with Crippen molar-refractivity contribution in [1.29, 1.82) is 0 Å². The molecule has 1 aromatic heterocycles. The van der Waals surface area contributed by atoms with Crippen LogP contribution in [0.4, 0.5) is 5.69 Å². The molecule has 132 valence electrons. The van der Waals surface area contributed by atoms with Gasteiger partial charge in [-0.2, -0.15) is 5.10 Å². The first-order valence-electron chi connectivity index (χ1n) is 8.05. The van der Waals surface area contributed by atoms with Crippen LogP contribution in [0.2, 0.25) is 0 Å². The van der Waals surface area contributed by atoms with Gasteiger partial charge in [0.2, 0.25) is 0 Å². The van der Waals surface area contributed by atoms with E-state index in [1.54, 1.807) is 18.3 Å². The first-order valence-corrected chi connectivity index (χ1v) is 8.87. The standard InChI is InChI=1S/C19H17N3O3S/c1-12(2)14-5-3-13(4-6-14)11-20-21-19(23)18-10-15-9-16(22(24)25)7-8-17(15)26-18/h3-12H,1-2H3,(H,21,23)/b20-11-. The Balaban J connectivity index is 1.69. The fourth-order valence-electron chi connectivity index (χ4n) is 2.44. The van der Waals surface area contributed by atoms with E-state index >= 15 is 0 Å². The summed E-state index contributed by atoms with van der Waals surface area (Å²) in [4.78, 5) is 23.0. The van der Waals surface area contributed by atoms with Crippen molar-refractivity contribution in [3.05, 3.63) is 74.6 Å². The number of thiophene rings is 1. The van der Waals surface area contributed by atoms with Crippen molar-refractivity contribution in [2.24, 2.45) is 5.10 Å². The van der Waals surface area contributed by atoms with Gasteiger partial charge in [0, 0.05) is 22.2 Å². The van der Waals surface area contributed by atoms with Gasteiger partial charge in [-0.3, -0.25) is 14.9 Å². The molecule has 0 radical (unpaired) electrons. The van der Waals surface area contributed by atoms with Crippen molar-refractivity contribution < 1.29 is 9.72 Å². The summed E-state index contributed by atoms with van der Waals surface area (Å²) in [6.07, 6.45) is 1.58. The Morgan fingerprint density at radius 3 is 2.58 bits per heavy atom. The number of nitro benzene ring substituents is 1. The predicted molar refractivity (Wildman–Crippen MR) is 104 cm³/mol. The zero-order valence-corrected chi connectivity index (χ0v) is 15.1. The molecule has 2 aromatic carbocycles. The van der Waals surface area contributed by atoms with E-state index in [9.17, 15) is 14.9 Å². The van der Waals surface area contributed by atoms with E-state index in [0.717, 1.165) is 10.3 Å². The van der Waals surface area contributed by atoms with Gasteiger partial charge in [0.05, 0.1) is 16.0 Å². The van der Waals surface area contributed by atoms with Crippen molar-refractivity contribution in [2.45, 2.75) is 19.8 Å². The minimum absolute atomic E-state index is 0.00474. The number of fused-ring (bicyclic) bond motifs is 1. The van der Waals surface area contributed by atoms with E-state index in [4.69, 9.17) is 0 Å². The van der Waals surface area contributed by atoms with Gasteiger partial charge in [0.1, 0.15) is 0 Å². The molecule has 26 heavy (non-hydrogen) atoms. The normalized spacial score (nSPS) is 11.3. The molecular weight excluding hydrogens is 350 g/mol. The van der Waals surface area contributed by atoms with Crippen LogP contribution in [0.25, 0.3) is 10.1 Å². The van der Waals surface area contributed by atoms with Gasteiger partial charge < -0.3 is 0 Å². The highest BCUT2D eigenvalue weighted by atomic mass is 32.1. The molecule has 0 unspecified atom stereocenters. The maximum atomic E-state index is 12.2. The molecule has 6 nitrogen and oxygen atoms in total. The number of carbonyl (C=O) groups is 1. The zero-order valence-electron chi connectivity index (χ0n) is 14.3. The Hall–Kier alpha value is -3.06. The minimum Gasteiger partial charge on any atom is -0.266 e. The van der Waals surface area contributed by atoms with Gasteiger partial charge in [-0.05, 0) is 29.2 Å². The lowest BCUT2D eigenvalue weighted by molar-refractivity contribution is -0.384. The van der Waals surface area contributed by atoms with Gasteiger partial charge in [0.25, 0.3) is 11.6 Å². The summed E-state index contributed by atoms with van der Waals surface area (Å²) in [5, 5.41) is 15.5. The molecule has 0 saturated carbocycles. The highest BCUT2D eigenvalue weighted by molar-refractivity contribution is 7.20. The van der Waals surface area contributed by atoms with Crippen LogP contribution in [-0.2, 0) is 0 Å². The number of hydrazone groups is 1. The number of carbonyl (C=O) groups excluding carboxylic acids is 1. The Morgan fingerprint density at radius 1 is 1.19 bits per heavy atom. The predicted octanol–water partition coefficient (Wildman–Crippen LogP) is 4.70. The highest BCUT2D eigenvalue weighted by Crippen LogP contribution is 2.28. The molecule has 0 atom stereocenters. The third-order valence-corrected chi connectivity index (χ3v) is 5.03. The molecule has 0 aliphatic rings. The largest absolute Gasteiger partial charge is 0.281 e. The second kappa shape index (κ2) is 7.45. The van der Waals surface area contributed by atoms with Gasteiger partial charge in [-0.25, -0.2) is 5.43 Å². The Bertz CT molecular complexity index is 991. The highest BCUT2D eigenvalue weighted by Gasteiger charge is 2.12. The third-order valence-electron chi connectivity index (χ3n) is 3.92. The maximum Gasteiger partial charge on any atom is 0.281 e. The molecule has 0 aliphatic heterocycles. The van der Waals surface area contributed by atoms with Crippen LogP contribution in [0.3, 0.4) is 0 Å². The number of amides is 1. The van der Waals surface area contributed by atoms with E-state index in [1.807, 2.05) is 24.3 Å². The summed E-state index contributed by atoms with van der Waals surface area (Å²) in [7, 11) is 0. The molecule has 0 fully saturated rings. The lowest BCUT2D eigenvalue weighted by Gasteiger charge is -2.04. The van der Waals surface area contributed by atoms with Crippen LogP contribution in [0.5, 0.6) is 0 Å². The van der Waals surface area contributed by atoms with Crippen LogP contribution in [0.1, 0.15) is 40.6 Å². The summed E-state index contributed by atoms with van der Waals surface area (Å²) in [5.41, 5.74) is 4.63. The maximum absolute atomic E-state index is 12.2.